The van der Waals surface area contributed by atoms with Gasteiger partial charge in [0.2, 0.25) is 5.91 Å². The molecule has 0 fully saturated rings. The van der Waals surface area contributed by atoms with Crippen molar-refractivity contribution >= 4 is 33.8 Å². The van der Waals surface area contributed by atoms with Crippen LogP contribution in [-0.2, 0) is 16.0 Å². The summed E-state index contributed by atoms with van der Waals surface area (Å²) in [5.41, 5.74) is 2.89. The van der Waals surface area contributed by atoms with E-state index in [0.717, 1.165) is 21.9 Å². The van der Waals surface area contributed by atoms with Gasteiger partial charge in [0.15, 0.2) is 0 Å². The number of carbonyl (C=O) groups is 2. The van der Waals surface area contributed by atoms with Crippen molar-refractivity contribution < 1.29 is 23.5 Å². The molecule has 7 nitrogen and oxygen atoms in total. The molecule has 2 aromatic heterocycles. The highest BCUT2D eigenvalue weighted by Crippen LogP contribution is 2.28. The number of hydrogen-bond acceptors (Lipinski definition) is 6. The number of aliphatic carboxylic acids is 1. The molecular formula is C20H20NO6-. The summed E-state index contributed by atoms with van der Waals surface area (Å²) in [6.45, 7) is 4.04. The standard InChI is InChI=1S/C20H21NO6/c1-11-10-26-16-9-17-15(8-14(11)16)12(2)13(20(25)27-17)5-6-18(22)21-7-3-4-19(23)24/h8-10H,3-7H2,1-2H3,(H,21,22)(H,23,24)/p-1. The van der Waals surface area contributed by atoms with Gasteiger partial charge in [0.05, 0.1) is 6.26 Å². The van der Waals surface area contributed by atoms with Crippen LogP contribution in [0.2, 0.25) is 0 Å². The molecule has 142 valence electrons. The van der Waals surface area contributed by atoms with E-state index >= 15 is 0 Å². The van der Waals surface area contributed by atoms with E-state index in [0.29, 0.717) is 23.2 Å². The fourth-order valence-corrected chi connectivity index (χ4v) is 3.11. The molecule has 7 heteroatoms. The molecule has 0 saturated carbocycles. The van der Waals surface area contributed by atoms with E-state index in [4.69, 9.17) is 8.83 Å². The molecule has 0 atom stereocenters. The average Bonchev–Trinajstić information content (AvgIpc) is 2.97. The van der Waals surface area contributed by atoms with E-state index in [2.05, 4.69) is 5.32 Å². The highest BCUT2D eigenvalue weighted by molar-refractivity contribution is 5.96. The fourth-order valence-electron chi connectivity index (χ4n) is 3.11. The van der Waals surface area contributed by atoms with Gasteiger partial charge in [0.1, 0.15) is 11.2 Å². The molecule has 1 N–H and O–H groups in total. The van der Waals surface area contributed by atoms with E-state index in [1.54, 1.807) is 12.3 Å². The van der Waals surface area contributed by atoms with Crippen LogP contribution in [0, 0.1) is 13.8 Å². The summed E-state index contributed by atoms with van der Waals surface area (Å²) in [5.74, 6) is -1.39. The van der Waals surface area contributed by atoms with Crippen molar-refractivity contribution in [2.24, 2.45) is 0 Å². The second-order valence-corrected chi connectivity index (χ2v) is 6.58. The molecule has 0 spiro atoms. The zero-order valence-electron chi connectivity index (χ0n) is 15.2. The van der Waals surface area contributed by atoms with Gasteiger partial charge in [-0.05, 0) is 50.3 Å². The zero-order valence-corrected chi connectivity index (χ0v) is 15.2. The fraction of sp³-hybridized carbons (Fsp3) is 0.350. The molecule has 1 aromatic carbocycles. The lowest BCUT2D eigenvalue weighted by molar-refractivity contribution is -0.305. The molecule has 0 bridgehead atoms. The molecule has 0 saturated heterocycles. The first kappa shape index (κ1) is 18.7. The van der Waals surface area contributed by atoms with Gasteiger partial charge < -0.3 is 24.1 Å². The number of benzene rings is 1. The molecule has 2 heterocycles. The van der Waals surface area contributed by atoms with Gasteiger partial charge in [-0.2, -0.15) is 0 Å². The molecule has 3 aromatic rings. The minimum Gasteiger partial charge on any atom is -0.550 e. The number of amides is 1. The Hall–Kier alpha value is -3.09. The van der Waals surface area contributed by atoms with Gasteiger partial charge in [0, 0.05) is 41.3 Å². The van der Waals surface area contributed by atoms with Crippen LogP contribution in [0.4, 0.5) is 0 Å². The molecule has 1 amide bonds. The number of hydrogen-bond donors (Lipinski definition) is 1. The second kappa shape index (κ2) is 7.65. The minimum absolute atomic E-state index is 0.102. The maximum absolute atomic E-state index is 12.3. The molecular weight excluding hydrogens is 350 g/mol. The van der Waals surface area contributed by atoms with E-state index in [1.165, 1.54) is 0 Å². The number of fused-ring (bicyclic) bond motifs is 2. The molecule has 0 aliphatic carbocycles. The van der Waals surface area contributed by atoms with Crippen molar-refractivity contribution in [3.8, 4) is 0 Å². The van der Waals surface area contributed by atoms with Crippen molar-refractivity contribution in [1.82, 2.24) is 5.32 Å². The van der Waals surface area contributed by atoms with Gasteiger partial charge in [-0.15, -0.1) is 0 Å². The number of furan rings is 1. The summed E-state index contributed by atoms with van der Waals surface area (Å²) in [6.07, 6.45) is 2.23. The Morgan fingerprint density at radius 1 is 1.11 bits per heavy atom. The van der Waals surface area contributed by atoms with Gasteiger partial charge >= 0.3 is 5.63 Å². The number of carboxylic acid groups (broad SMARTS) is 1. The number of carbonyl (C=O) groups excluding carboxylic acids is 2. The first-order valence-electron chi connectivity index (χ1n) is 8.77. The molecule has 0 aliphatic rings. The maximum atomic E-state index is 12.3. The Morgan fingerprint density at radius 2 is 1.89 bits per heavy atom. The van der Waals surface area contributed by atoms with Crippen molar-refractivity contribution in [2.45, 2.75) is 39.5 Å². The van der Waals surface area contributed by atoms with E-state index in [9.17, 15) is 19.5 Å². The summed E-state index contributed by atoms with van der Waals surface area (Å²) in [6, 6.07) is 3.64. The molecule has 0 unspecified atom stereocenters. The maximum Gasteiger partial charge on any atom is 0.339 e. The van der Waals surface area contributed by atoms with E-state index in [-0.39, 0.29) is 31.7 Å². The largest absolute Gasteiger partial charge is 0.550 e. The predicted octanol–water partition coefficient (Wildman–Crippen LogP) is 1.73. The quantitative estimate of drug-likeness (QED) is 0.501. The van der Waals surface area contributed by atoms with Crippen LogP contribution >= 0.6 is 0 Å². The van der Waals surface area contributed by atoms with Crippen molar-refractivity contribution in [1.29, 1.82) is 0 Å². The van der Waals surface area contributed by atoms with Crippen LogP contribution in [-0.4, -0.2) is 18.4 Å². The number of aryl methyl sites for hydroxylation is 2. The van der Waals surface area contributed by atoms with Gasteiger partial charge in [-0.1, -0.05) is 0 Å². The Labute approximate surface area is 155 Å². The average molecular weight is 370 g/mol. The molecule has 0 radical (unpaired) electrons. The van der Waals surface area contributed by atoms with Gasteiger partial charge in [-0.3, -0.25) is 4.79 Å². The summed E-state index contributed by atoms with van der Waals surface area (Å²) in [5, 5.41) is 14.8. The van der Waals surface area contributed by atoms with Crippen LogP contribution in [0.25, 0.3) is 21.9 Å². The Kier molecular flexibility index (Phi) is 5.30. The van der Waals surface area contributed by atoms with Gasteiger partial charge in [-0.25, -0.2) is 4.79 Å². The summed E-state index contributed by atoms with van der Waals surface area (Å²) < 4.78 is 10.9. The van der Waals surface area contributed by atoms with E-state index in [1.807, 2.05) is 19.9 Å². The third-order valence-corrected chi connectivity index (χ3v) is 4.66. The smallest absolute Gasteiger partial charge is 0.339 e. The monoisotopic (exact) mass is 370 g/mol. The van der Waals surface area contributed by atoms with Crippen molar-refractivity contribution in [3.63, 3.8) is 0 Å². The molecule has 3 rings (SSSR count). The number of rotatable bonds is 7. The number of nitrogens with one attached hydrogen (secondary N) is 1. The molecule has 27 heavy (non-hydrogen) atoms. The van der Waals surface area contributed by atoms with E-state index < -0.39 is 11.6 Å². The summed E-state index contributed by atoms with van der Waals surface area (Å²) >= 11 is 0. The lowest BCUT2D eigenvalue weighted by Crippen LogP contribution is -2.28. The second-order valence-electron chi connectivity index (χ2n) is 6.58. The Morgan fingerprint density at radius 3 is 2.63 bits per heavy atom. The van der Waals surface area contributed by atoms with Crippen LogP contribution in [0.15, 0.2) is 32.0 Å². The normalized spacial score (nSPS) is 11.2. The van der Waals surface area contributed by atoms with Crippen molar-refractivity contribution in [3.05, 3.63) is 45.5 Å². The Balaban J connectivity index is 1.77. The minimum atomic E-state index is -1.14. The first-order chi connectivity index (χ1) is 12.9. The zero-order chi connectivity index (χ0) is 19.6. The van der Waals surface area contributed by atoms with Gasteiger partial charge in [0.25, 0.3) is 0 Å². The lowest BCUT2D eigenvalue weighted by Gasteiger charge is -2.09. The number of carboxylic acids is 1. The summed E-state index contributed by atoms with van der Waals surface area (Å²) in [4.78, 5) is 34.6. The summed E-state index contributed by atoms with van der Waals surface area (Å²) in [7, 11) is 0. The highest BCUT2D eigenvalue weighted by Gasteiger charge is 2.15. The SMILES string of the molecule is Cc1coc2cc3oc(=O)c(CCC(=O)NCCCC(=O)[O-])c(C)c3cc12. The topological polar surface area (TPSA) is 113 Å². The van der Waals surface area contributed by atoms with Crippen molar-refractivity contribution in [2.75, 3.05) is 6.54 Å². The third-order valence-electron chi connectivity index (χ3n) is 4.66. The van der Waals surface area contributed by atoms with Crippen LogP contribution in [0.5, 0.6) is 0 Å². The Bertz CT molecular complexity index is 1080. The lowest BCUT2D eigenvalue weighted by atomic mass is 10.0. The molecule has 0 aliphatic heterocycles. The highest BCUT2D eigenvalue weighted by atomic mass is 16.4. The predicted molar refractivity (Wildman–Crippen MR) is 97.3 cm³/mol. The van der Waals surface area contributed by atoms with Crippen LogP contribution < -0.4 is 16.0 Å². The van der Waals surface area contributed by atoms with Crippen LogP contribution in [0.1, 0.15) is 36.0 Å². The third kappa shape index (κ3) is 4.02. The first-order valence-corrected chi connectivity index (χ1v) is 8.77. The van der Waals surface area contributed by atoms with Crippen LogP contribution in [0.3, 0.4) is 0 Å².